The lowest BCUT2D eigenvalue weighted by molar-refractivity contribution is -0.132. The van der Waals surface area contributed by atoms with Crippen LogP contribution in [0.1, 0.15) is 16.1 Å². The highest BCUT2D eigenvalue weighted by atomic mass is 35.5. The van der Waals surface area contributed by atoms with Crippen LogP contribution in [-0.2, 0) is 9.45 Å². The number of halogens is 1. The molecule has 118 valence electrons. The first kappa shape index (κ1) is 16.8. The molecule has 0 unspecified atom stereocenters. The molecule has 0 aliphatic carbocycles. The highest BCUT2D eigenvalue weighted by molar-refractivity contribution is 6.30. The third kappa shape index (κ3) is 4.01. The summed E-state index contributed by atoms with van der Waals surface area (Å²) in [5.41, 5.74) is 2.23. The van der Waals surface area contributed by atoms with Gasteiger partial charge in [-0.15, -0.1) is 0 Å². The van der Waals surface area contributed by atoms with E-state index in [-0.39, 0.29) is 18.0 Å². The lowest BCUT2D eigenvalue weighted by atomic mass is 10.0. The number of amides is 1. The predicted octanol–water partition coefficient (Wildman–Crippen LogP) is 1.24. The Labute approximate surface area is 138 Å². The zero-order chi connectivity index (χ0) is 17.0. The fourth-order valence-corrected chi connectivity index (χ4v) is 2.16. The summed E-state index contributed by atoms with van der Waals surface area (Å²) in [7, 11) is 1.21. The van der Waals surface area contributed by atoms with Crippen molar-refractivity contribution in [3.05, 3.63) is 46.7 Å². The van der Waals surface area contributed by atoms with Crippen LogP contribution in [0.15, 0.2) is 30.5 Å². The van der Waals surface area contributed by atoms with Gasteiger partial charge in [-0.3, -0.25) is 9.59 Å². The fraction of sp³-hybridized carbons (Fsp3) is 0.133. The van der Waals surface area contributed by atoms with Gasteiger partial charge in [0.1, 0.15) is 12.3 Å². The smallest absolute Gasteiger partial charge is 0.326 e. The molecule has 1 aromatic carbocycles. The molecule has 0 spiro atoms. The van der Waals surface area contributed by atoms with Gasteiger partial charge in [0.05, 0.1) is 0 Å². The van der Waals surface area contributed by atoms with Crippen molar-refractivity contribution in [3.8, 4) is 16.9 Å². The molecule has 2 rings (SSSR count). The molecular weight excluding hydrogens is 318 g/mol. The molecular formula is C15H14BClN2O4. The lowest BCUT2D eigenvalue weighted by Gasteiger charge is -2.09. The predicted molar refractivity (Wildman–Crippen MR) is 88.1 cm³/mol. The minimum atomic E-state index is -0.665. The van der Waals surface area contributed by atoms with Crippen LogP contribution in [0.5, 0.6) is 5.75 Å². The van der Waals surface area contributed by atoms with Gasteiger partial charge in [0, 0.05) is 16.8 Å². The largest absolute Gasteiger partial charge is 0.542 e. The van der Waals surface area contributed by atoms with Gasteiger partial charge in [-0.05, 0) is 36.2 Å². The fourth-order valence-electron chi connectivity index (χ4n) is 1.99. The van der Waals surface area contributed by atoms with Gasteiger partial charge < -0.3 is 15.1 Å². The number of aryl methyl sites for hydroxylation is 1. The van der Waals surface area contributed by atoms with E-state index in [0.29, 0.717) is 10.6 Å². The topological polar surface area (TPSA) is 88.5 Å². The number of nitrogens with one attached hydrogen (secondary N) is 1. The molecule has 0 radical (unpaired) electrons. The summed E-state index contributed by atoms with van der Waals surface area (Å²) < 4.78 is 4.42. The minimum Gasteiger partial charge on any atom is -0.542 e. The molecule has 2 N–H and O–H groups in total. The maximum absolute atomic E-state index is 11.9. The van der Waals surface area contributed by atoms with Crippen LogP contribution in [0, 0.1) is 6.92 Å². The van der Waals surface area contributed by atoms with E-state index in [2.05, 4.69) is 15.0 Å². The van der Waals surface area contributed by atoms with Gasteiger partial charge >= 0.3 is 14.0 Å². The van der Waals surface area contributed by atoms with Crippen molar-refractivity contribution in [1.29, 1.82) is 0 Å². The maximum atomic E-state index is 11.9. The standard InChI is InChI=1S/C15H14BClN2O4/c1-8-2-3-10(17)5-11(8)9-4-12(20)14(18-6-9)15(22)19-7-13(21)23-16/h2-6,20H,7,16H2,1H3,(H,19,22). The Bertz CT molecular complexity index is 767. The molecule has 0 bridgehead atoms. The second-order valence-corrected chi connectivity index (χ2v) is 5.25. The van der Waals surface area contributed by atoms with E-state index in [0.717, 1.165) is 11.1 Å². The summed E-state index contributed by atoms with van der Waals surface area (Å²) >= 11 is 5.98. The Hall–Kier alpha value is -2.54. The van der Waals surface area contributed by atoms with E-state index in [1.807, 2.05) is 13.0 Å². The number of carbonyl (C=O) groups is 2. The van der Waals surface area contributed by atoms with Crippen molar-refractivity contribution >= 4 is 31.5 Å². The Morgan fingerprint density at radius 1 is 1.39 bits per heavy atom. The molecule has 1 amide bonds. The third-order valence-electron chi connectivity index (χ3n) is 3.21. The van der Waals surface area contributed by atoms with Crippen LogP contribution in [0.2, 0.25) is 5.02 Å². The normalized spacial score (nSPS) is 10.2. The average Bonchev–Trinajstić information content (AvgIpc) is 2.54. The Balaban J connectivity index is 2.25. The molecule has 0 saturated carbocycles. The molecule has 0 saturated heterocycles. The summed E-state index contributed by atoms with van der Waals surface area (Å²) in [4.78, 5) is 26.9. The number of hydrogen-bond acceptors (Lipinski definition) is 5. The van der Waals surface area contributed by atoms with Crippen molar-refractivity contribution < 1.29 is 19.3 Å². The SMILES string of the molecule is BOC(=O)CNC(=O)c1ncc(-c2cc(Cl)ccc2C)cc1O. The van der Waals surface area contributed by atoms with Crippen LogP contribution in [-0.4, -0.2) is 36.6 Å². The molecule has 1 aromatic heterocycles. The number of aromatic hydroxyl groups is 1. The number of carbonyl (C=O) groups excluding carboxylic acids is 2. The van der Waals surface area contributed by atoms with Crippen molar-refractivity contribution in [1.82, 2.24) is 10.3 Å². The zero-order valence-corrected chi connectivity index (χ0v) is 13.3. The Morgan fingerprint density at radius 2 is 2.13 bits per heavy atom. The first-order chi connectivity index (χ1) is 10.9. The van der Waals surface area contributed by atoms with Crippen LogP contribution in [0.25, 0.3) is 11.1 Å². The van der Waals surface area contributed by atoms with E-state index in [1.165, 1.54) is 20.3 Å². The molecule has 23 heavy (non-hydrogen) atoms. The highest BCUT2D eigenvalue weighted by Gasteiger charge is 2.15. The van der Waals surface area contributed by atoms with Crippen LogP contribution in [0.3, 0.4) is 0 Å². The third-order valence-corrected chi connectivity index (χ3v) is 3.45. The van der Waals surface area contributed by atoms with Gasteiger partial charge in [-0.25, -0.2) is 4.98 Å². The van der Waals surface area contributed by atoms with Gasteiger partial charge in [-0.2, -0.15) is 0 Å². The van der Waals surface area contributed by atoms with Crippen molar-refractivity contribution in [3.63, 3.8) is 0 Å². The molecule has 0 atom stereocenters. The van der Waals surface area contributed by atoms with Crippen molar-refractivity contribution in [2.24, 2.45) is 0 Å². The summed E-state index contributed by atoms with van der Waals surface area (Å²) in [5, 5.41) is 12.9. The minimum absolute atomic E-state index is 0.169. The monoisotopic (exact) mass is 332 g/mol. The molecule has 0 aliphatic rings. The highest BCUT2D eigenvalue weighted by Crippen LogP contribution is 2.29. The van der Waals surface area contributed by atoms with E-state index < -0.39 is 11.9 Å². The van der Waals surface area contributed by atoms with Crippen molar-refractivity contribution in [2.45, 2.75) is 6.92 Å². The number of rotatable bonds is 4. The van der Waals surface area contributed by atoms with E-state index in [1.54, 1.807) is 12.1 Å². The van der Waals surface area contributed by atoms with Gasteiger partial charge in [0.25, 0.3) is 5.91 Å². The number of hydrogen-bond donors (Lipinski definition) is 2. The van der Waals surface area contributed by atoms with Crippen LogP contribution < -0.4 is 5.32 Å². The summed E-state index contributed by atoms with van der Waals surface area (Å²) in [6.45, 7) is 1.60. The summed E-state index contributed by atoms with van der Waals surface area (Å²) in [5.74, 6) is -1.55. The van der Waals surface area contributed by atoms with Gasteiger partial charge in [0.15, 0.2) is 5.69 Å². The summed E-state index contributed by atoms with van der Waals surface area (Å²) in [6, 6.07) is 6.80. The van der Waals surface area contributed by atoms with E-state index >= 15 is 0 Å². The Morgan fingerprint density at radius 3 is 2.78 bits per heavy atom. The quantitative estimate of drug-likeness (QED) is 0.822. The second kappa shape index (κ2) is 7.15. The molecule has 0 aliphatic heterocycles. The zero-order valence-electron chi connectivity index (χ0n) is 12.6. The van der Waals surface area contributed by atoms with E-state index in [9.17, 15) is 14.7 Å². The number of benzene rings is 1. The van der Waals surface area contributed by atoms with E-state index in [4.69, 9.17) is 11.6 Å². The van der Waals surface area contributed by atoms with Gasteiger partial charge in [0.2, 0.25) is 0 Å². The van der Waals surface area contributed by atoms with Crippen molar-refractivity contribution in [2.75, 3.05) is 6.54 Å². The Kier molecular flexibility index (Phi) is 5.23. The number of pyridine rings is 1. The van der Waals surface area contributed by atoms with Crippen LogP contribution >= 0.6 is 11.6 Å². The molecule has 2 aromatic rings. The molecule has 8 heteroatoms. The lowest BCUT2D eigenvalue weighted by Crippen LogP contribution is -2.30. The second-order valence-electron chi connectivity index (χ2n) is 4.81. The number of aromatic nitrogens is 1. The summed E-state index contributed by atoms with van der Waals surface area (Å²) in [6.07, 6.45) is 1.46. The molecule has 0 fully saturated rings. The maximum Gasteiger partial charge on any atom is 0.326 e. The van der Waals surface area contributed by atoms with Crippen LogP contribution in [0.4, 0.5) is 0 Å². The first-order valence-electron chi connectivity index (χ1n) is 6.73. The average molecular weight is 333 g/mol. The number of nitrogens with zero attached hydrogens (tertiary/aromatic N) is 1. The first-order valence-corrected chi connectivity index (χ1v) is 7.10. The molecule has 1 heterocycles. The molecule has 6 nitrogen and oxygen atoms in total. The van der Waals surface area contributed by atoms with Gasteiger partial charge in [-0.1, -0.05) is 17.7 Å².